The van der Waals surface area contributed by atoms with Crippen LogP contribution in [0.25, 0.3) is 0 Å². The molecule has 2 aromatic rings. The summed E-state index contributed by atoms with van der Waals surface area (Å²) in [6.45, 7) is 3.63. The normalized spacial score (nSPS) is 17.2. The number of ether oxygens (including phenoxy) is 1. The largest absolute Gasteiger partial charge is 0.497 e. The Balaban J connectivity index is 1.42. The van der Waals surface area contributed by atoms with E-state index in [4.69, 9.17) is 4.74 Å². The van der Waals surface area contributed by atoms with Gasteiger partial charge in [0, 0.05) is 62.1 Å². The Morgan fingerprint density at radius 3 is 2.39 bits per heavy atom. The summed E-state index contributed by atoms with van der Waals surface area (Å²) in [4.78, 5) is 30.9. The molecule has 2 heterocycles. The molecule has 2 fully saturated rings. The van der Waals surface area contributed by atoms with E-state index in [1.54, 1.807) is 12.0 Å². The Kier molecular flexibility index (Phi) is 5.19. The Morgan fingerprint density at radius 2 is 1.68 bits per heavy atom. The Labute approximate surface area is 165 Å². The van der Waals surface area contributed by atoms with Gasteiger partial charge < -0.3 is 19.4 Å². The lowest BCUT2D eigenvalue weighted by atomic mass is 10.1. The van der Waals surface area contributed by atoms with Gasteiger partial charge in [-0.2, -0.15) is 0 Å². The first kappa shape index (κ1) is 18.3. The van der Waals surface area contributed by atoms with E-state index in [9.17, 15) is 9.59 Å². The molecule has 0 aromatic heterocycles. The number of methoxy groups -OCH3 is 1. The summed E-state index contributed by atoms with van der Waals surface area (Å²) in [7, 11) is 1.67. The van der Waals surface area contributed by atoms with Crippen molar-refractivity contribution in [2.75, 3.05) is 49.6 Å². The summed E-state index contributed by atoms with van der Waals surface area (Å²) < 4.78 is 5.30. The van der Waals surface area contributed by atoms with E-state index < -0.39 is 0 Å². The molecular formula is C22H25N3O3. The average Bonchev–Trinajstić information content (AvgIpc) is 3.19. The van der Waals surface area contributed by atoms with Crippen LogP contribution in [0.5, 0.6) is 5.75 Å². The molecule has 28 heavy (non-hydrogen) atoms. The predicted octanol–water partition coefficient (Wildman–Crippen LogP) is 2.78. The van der Waals surface area contributed by atoms with E-state index in [-0.39, 0.29) is 11.8 Å². The van der Waals surface area contributed by atoms with Crippen molar-refractivity contribution in [2.45, 2.75) is 12.8 Å². The monoisotopic (exact) mass is 379 g/mol. The second kappa shape index (κ2) is 7.92. The molecule has 0 unspecified atom stereocenters. The SMILES string of the molecule is COc1cccc(N2CCN(C(=O)c3cccc(N4CCCC4=O)c3)CC2)c1. The maximum atomic E-state index is 13.0. The van der Waals surface area contributed by atoms with Gasteiger partial charge in [-0.3, -0.25) is 9.59 Å². The van der Waals surface area contributed by atoms with Crippen molar-refractivity contribution < 1.29 is 14.3 Å². The van der Waals surface area contributed by atoms with Crippen LogP contribution in [0, 0.1) is 0 Å². The van der Waals surface area contributed by atoms with Crippen LogP contribution in [-0.2, 0) is 4.79 Å². The lowest BCUT2D eigenvalue weighted by Crippen LogP contribution is -2.48. The minimum absolute atomic E-state index is 0.0267. The van der Waals surface area contributed by atoms with Gasteiger partial charge in [0.25, 0.3) is 5.91 Å². The van der Waals surface area contributed by atoms with Crippen LogP contribution >= 0.6 is 0 Å². The second-order valence-electron chi connectivity index (χ2n) is 7.18. The van der Waals surface area contributed by atoms with Gasteiger partial charge in [0.1, 0.15) is 5.75 Å². The molecule has 0 bridgehead atoms. The Morgan fingerprint density at radius 1 is 0.929 bits per heavy atom. The van der Waals surface area contributed by atoms with Gasteiger partial charge >= 0.3 is 0 Å². The van der Waals surface area contributed by atoms with Crippen molar-refractivity contribution in [3.63, 3.8) is 0 Å². The number of carbonyl (C=O) groups excluding carboxylic acids is 2. The van der Waals surface area contributed by atoms with E-state index in [1.807, 2.05) is 47.4 Å². The number of nitrogens with zero attached hydrogens (tertiary/aromatic N) is 3. The molecule has 2 saturated heterocycles. The Bertz CT molecular complexity index is 875. The average molecular weight is 379 g/mol. The number of benzene rings is 2. The molecule has 2 aliphatic rings. The van der Waals surface area contributed by atoms with Gasteiger partial charge in [-0.25, -0.2) is 0 Å². The van der Waals surface area contributed by atoms with E-state index in [0.29, 0.717) is 25.1 Å². The summed E-state index contributed by atoms with van der Waals surface area (Å²) in [6, 6.07) is 15.4. The number of rotatable bonds is 4. The smallest absolute Gasteiger partial charge is 0.254 e. The lowest BCUT2D eigenvalue weighted by molar-refractivity contribution is -0.117. The van der Waals surface area contributed by atoms with Crippen LogP contribution in [0.15, 0.2) is 48.5 Å². The van der Waals surface area contributed by atoms with E-state index in [1.165, 1.54) is 0 Å². The third kappa shape index (κ3) is 3.67. The van der Waals surface area contributed by atoms with Crippen LogP contribution in [0.1, 0.15) is 23.2 Å². The number of hydrogen-bond acceptors (Lipinski definition) is 4. The first-order valence-corrected chi connectivity index (χ1v) is 9.74. The third-order valence-electron chi connectivity index (χ3n) is 5.46. The first-order valence-electron chi connectivity index (χ1n) is 9.74. The van der Waals surface area contributed by atoms with Gasteiger partial charge in [-0.1, -0.05) is 12.1 Å². The maximum absolute atomic E-state index is 13.0. The van der Waals surface area contributed by atoms with Crippen molar-refractivity contribution in [3.05, 3.63) is 54.1 Å². The molecule has 2 aromatic carbocycles. The van der Waals surface area contributed by atoms with Gasteiger partial charge in [-0.05, 0) is 36.8 Å². The number of hydrogen-bond donors (Lipinski definition) is 0. The predicted molar refractivity (Wildman–Crippen MR) is 109 cm³/mol. The lowest BCUT2D eigenvalue weighted by Gasteiger charge is -2.36. The first-order chi connectivity index (χ1) is 13.7. The number of amides is 2. The number of anilines is 2. The fourth-order valence-electron chi connectivity index (χ4n) is 3.89. The molecular weight excluding hydrogens is 354 g/mol. The molecule has 0 atom stereocenters. The fourth-order valence-corrected chi connectivity index (χ4v) is 3.89. The van der Waals surface area contributed by atoms with Crippen molar-refractivity contribution in [3.8, 4) is 5.75 Å². The maximum Gasteiger partial charge on any atom is 0.254 e. The standard InChI is InChI=1S/C22H25N3O3/c1-28-20-8-3-6-18(16-20)23-11-13-24(14-12-23)22(27)17-5-2-7-19(15-17)25-10-4-9-21(25)26/h2-3,5-8,15-16H,4,9-14H2,1H3. The van der Waals surface area contributed by atoms with Gasteiger partial charge in [0.15, 0.2) is 0 Å². The zero-order chi connectivity index (χ0) is 19.5. The second-order valence-corrected chi connectivity index (χ2v) is 7.18. The van der Waals surface area contributed by atoms with Crippen LogP contribution in [0.2, 0.25) is 0 Å². The molecule has 0 aliphatic carbocycles. The number of piperazine rings is 1. The molecule has 4 rings (SSSR count). The fraction of sp³-hybridized carbons (Fsp3) is 0.364. The molecule has 0 N–H and O–H groups in total. The molecule has 0 radical (unpaired) electrons. The van der Waals surface area contributed by atoms with E-state index >= 15 is 0 Å². The summed E-state index contributed by atoms with van der Waals surface area (Å²) in [5, 5.41) is 0. The summed E-state index contributed by atoms with van der Waals surface area (Å²) in [6.07, 6.45) is 1.47. The van der Waals surface area contributed by atoms with Crippen molar-refractivity contribution in [2.24, 2.45) is 0 Å². The van der Waals surface area contributed by atoms with Crippen molar-refractivity contribution in [1.82, 2.24) is 4.90 Å². The molecule has 2 amide bonds. The highest BCUT2D eigenvalue weighted by atomic mass is 16.5. The summed E-state index contributed by atoms with van der Waals surface area (Å²) in [5.41, 5.74) is 2.58. The molecule has 0 saturated carbocycles. The topological polar surface area (TPSA) is 53.1 Å². The quantitative estimate of drug-likeness (QED) is 0.820. The van der Waals surface area contributed by atoms with E-state index in [2.05, 4.69) is 11.0 Å². The molecule has 6 nitrogen and oxygen atoms in total. The van der Waals surface area contributed by atoms with Gasteiger partial charge in [-0.15, -0.1) is 0 Å². The molecule has 6 heteroatoms. The highest BCUT2D eigenvalue weighted by Crippen LogP contribution is 2.25. The van der Waals surface area contributed by atoms with Crippen LogP contribution in [0.3, 0.4) is 0 Å². The zero-order valence-corrected chi connectivity index (χ0v) is 16.1. The van der Waals surface area contributed by atoms with Crippen LogP contribution < -0.4 is 14.5 Å². The molecule has 0 spiro atoms. The molecule has 146 valence electrons. The number of carbonyl (C=O) groups is 2. The minimum Gasteiger partial charge on any atom is -0.497 e. The Hall–Kier alpha value is -3.02. The van der Waals surface area contributed by atoms with Gasteiger partial charge in [0.2, 0.25) is 5.91 Å². The highest BCUT2D eigenvalue weighted by molar-refractivity contribution is 5.99. The van der Waals surface area contributed by atoms with Crippen molar-refractivity contribution in [1.29, 1.82) is 0 Å². The summed E-state index contributed by atoms with van der Waals surface area (Å²) in [5.74, 6) is 1.000. The minimum atomic E-state index is 0.0267. The van der Waals surface area contributed by atoms with E-state index in [0.717, 1.165) is 43.2 Å². The molecule has 2 aliphatic heterocycles. The highest BCUT2D eigenvalue weighted by Gasteiger charge is 2.25. The zero-order valence-electron chi connectivity index (χ0n) is 16.1. The van der Waals surface area contributed by atoms with Crippen LogP contribution in [0.4, 0.5) is 11.4 Å². The third-order valence-corrected chi connectivity index (χ3v) is 5.46. The summed E-state index contributed by atoms with van der Waals surface area (Å²) >= 11 is 0. The van der Waals surface area contributed by atoms with Gasteiger partial charge in [0.05, 0.1) is 7.11 Å². The van der Waals surface area contributed by atoms with Crippen molar-refractivity contribution >= 4 is 23.2 Å². The van der Waals surface area contributed by atoms with Crippen LogP contribution in [-0.4, -0.2) is 56.5 Å².